The number of hydrogen-bond donors (Lipinski definition) is 2. The van der Waals surface area contributed by atoms with E-state index in [1.54, 1.807) is 36.5 Å². The second kappa shape index (κ2) is 10.3. The summed E-state index contributed by atoms with van der Waals surface area (Å²) in [6.07, 6.45) is 4.63. The molecule has 2 aromatic rings. The van der Waals surface area contributed by atoms with Crippen molar-refractivity contribution in [2.75, 3.05) is 49.9 Å². The maximum absolute atomic E-state index is 15.1. The molecule has 2 saturated heterocycles. The summed E-state index contributed by atoms with van der Waals surface area (Å²) in [6.45, 7) is 7.05. The highest BCUT2D eigenvalue weighted by atomic mass is 19.1. The number of aliphatic imine (C=N–C) groups is 1. The smallest absolute Gasteiger partial charge is 0.323 e. The van der Waals surface area contributed by atoms with Gasteiger partial charge < -0.3 is 20.4 Å². The van der Waals surface area contributed by atoms with Gasteiger partial charge in [0.15, 0.2) is 5.82 Å². The van der Waals surface area contributed by atoms with Crippen LogP contribution < -0.4 is 10.6 Å². The Morgan fingerprint density at radius 1 is 1.15 bits per heavy atom. The first-order chi connectivity index (χ1) is 16.0. The second-order valence-corrected chi connectivity index (χ2v) is 8.16. The fourth-order valence-electron chi connectivity index (χ4n) is 3.96. The number of hydrogen-bond acceptors (Lipinski definition) is 5. The third-order valence-electron chi connectivity index (χ3n) is 5.82. The van der Waals surface area contributed by atoms with Gasteiger partial charge in [0, 0.05) is 69.0 Å². The second-order valence-electron chi connectivity index (χ2n) is 8.16. The molecule has 0 saturated carbocycles. The van der Waals surface area contributed by atoms with Crippen LogP contribution in [0.2, 0.25) is 0 Å². The van der Waals surface area contributed by atoms with Crippen molar-refractivity contribution in [3.8, 4) is 6.19 Å². The van der Waals surface area contributed by atoms with E-state index in [0.717, 1.165) is 57.3 Å². The third-order valence-corrected chi connectivity index (χ3v) is 5.82. The summed E-state index contributed by atoms with van der Waals surface area (Å²) in [4.78, 5) is 26.8. The van der Waals surface area contributed by atoms with Gasteiger partial charge in [-0.2, -0.15) is 5.26 Å². The Balaban J connectivity index is 1.34. The molecule has 33 heavy (non-hydrogen) atoms. The van der Waals surface area contributed by atoms with Crippen molar-refractivity contribution in [2.45, 2.75) is 19.9 Å². The number of aromatic nitrogens is 1. The maximum Gasteiger partial charge on any atom is 0.323 e. The number of benzene rings is 1. The molecular formula is C23H27FN8O. The minimum absolute atomic E-state index is 0.135. The maximum atomic E-state index is 15.1. The van der Waals surface area contributed by atoms with E-state index in [0.29, 0.717) is 17.8 Å². The number of carbonyl (C=O) groups excluding carboxylic acids is 1. The molecule has 0 unspecified atom stereocenters. The summed E-state index contributed by atoms with van der Waals surface area (Å²) in [5, 5.41) is 14.3. The molecule has 0 spiro atoms. The van der Waals surface area contributed by atoms with Crippen LogP contribution >= 0.6 is 0 Å². The van der Waals surface area contributed by atoms with Crippen molar-refractivity contribution in [1.29, 1.82) is 5.26 Å². The van der Waals surface area contributed by atoms with E-state index in [1.807, 2.05) is 13.1 Å². The van der Waals surface area contributed by atoms with Crippen LogP contribution in [0.3, 0.4) is 0 Å². The predicted molar refractivity (Wildman–Crippen MR) is 124 cm³/mol. The van der Waals surface area contributed by atoms with Crippen molar-refractivity contribution in [1.82, 2.24) is 19.7 Å². The minimum Gasteiger partial charge on any atom is -0.342 e. The number of halogens is 1. The predicted octanol–water partition coefficient (Wildman–Crippen LogP) is 2.83. The molecule has 0 atom stereocenters. The monoisotopic (exact) mass is 450 g/mol. The normalized spacial score (nSPS) is 16.7. The average Bonchev–Trinajstić information content (AvgIpc) is 2.75. The Morgan fingerprint density at radius 3 is 2.58 bits per heavy atom. The summed E-state index contributed by atoms with van der Waals surface area (Å²) < 4.78 is 15.1. The highest BCUT2D eigenvalue weighted by Crippen LogP contribution is 2.21. The fourth-order valence-corrected chi connectivity index (χ4v) is 3.96. The number of pyridine rings is 1. The molecule has 10 heteroatoms. The van der Waals surface area contributed by atoms with Gasteiger partial charge in [-0.3, -0.25) is 9.88 Å². The van der Waals surface area contributed by atoms with E-state index in [4.69, 9.17) is 5.26 Å². The summed E-state index contributed by atoms with van der Waals surface area (Å²) >= 11 is 0. The van der Waals surface area contributed by atoms with Gasteiger partial charge in [0.25, 0.3) is 0 Å². The van der Waals surface area contributed by atoms with E-state index in [2.05, 4.69) is 35.3 Å². The number of nitriles is 1. The van der Waals surface area contributed by atoms with E-state index in [1.165, 1.54) is 0 Å². The van der Waals surface area contributed by atoms with Gasteiger partial charge in [-0.05, 0) is 31.5 Å². The number of aryl methyl sites for hydroxylation is 1. The van der Waals surface area contributed by atoms with Gasteiger partial charge in [0.1, 0.15) is 0 Å². The molecule has 1 aromatic carbocycles. The summed E-state index contributed by atoms with van der Waals surface area (Å²) in [6, 6.07) is 7.92. The Morgan fingerprint density at radius 2 is 1.91 bits per heavy atom. The molecule has 9 nitrogen and oxygen atoms in total. The van der Waals surface area contributed by atoms with Crippen LogP contribution in [0.15, 0.2) is 41.5 Å². The van der Waals surface area contributed by atoms with Crippen molar-refractivity contribution < 1.29 is 9.18 Å². The molecule has 2 aliphatic rings. The zero-order valence-electron chi connectivity index (χ0n) is 18.6. The number of carbonyl (C=O) groups is 1. The molecule has 0 aliphatic carbocycles. The largest absolute Gasteiger partial charge is 0.342 e. The minimum atomic E-state index is -0.513. The quantitative estimate of drug-likeness (QED) is 0.422. The highest BCUT2D eigenvalue weighted by molar-refractivity contribution is 5.99. The molecule has 3 heterocycles. The Hall–Kier alpha value is -3.71. The van der Waals surface area contributed by atoms with Crippen molar-refractivity contribution in [3.05, 3.63) is 53.6 Å². The molecule has 2 fully saturated rings. The lowest BCUT2D eigenvalue weighted by atomic mass is 10.1. The van der Waals surface area contributed by atoms with Crippen LogP contribution in [0.25, 0.3) is 0 Å². The lowest BCUT2D eigenvalue weighted by molar-refractivity contribution is 0.152. The lowest BCUT2D eigenvalue weighted by Crippen LogP contribution is -2.56. The lowest BCUT2D eigenvalue weighted by Gasteiger charge is -2.42. The average molecular weight is 451 g/mol. The SMILES string of the molecule is Cc1cc(NC(=O)Nc2cccc(CN3CCN(C(=NC#N)N4CCC4)CC3)c2F)ccn1. The Labute approximate surface area is 192 Å². The topological polar surface area (TPSA) is 99.9 Å². The molecular weight excluding hydrogens is 423 g/mol. The fraction of sp³-hybridized carbons (Fsp3) is 0.391. The summed E-state index contributed by atoms with van der Waals surface area (Å²) in [5.41, 5.74) is 2.02. The van der Waals surface area contributed by atoms with Crippen molar-refractivity contribution in [3.63, 3.8) is 0 Å². The number of nitrogens with one attached hydrogen (secondary N) is 2. The van der Waals surface area contributed by atoms with Gasteiger partial charge in [-0.15, -0.1) is 4.99 Å². The van der Waals surface area contributed by atoms with Gasteiger partial charge in [0.05, 0.1) is 5.69 Å². The number of urea groups is 1. The zero-order chi connectivity index (χ0) is 23.2. The van der Waals surface area contributed by atoms with E-state index >= 15 is 4.39 Å². The van der Waals surface area contributed by atoms with Gasteiger partial charge in [-0.25, -0.2) is 9.18 Å². The summed E-state index contributed by atoms with van der Waals surface area (Å²) in [7, 11) is 0. The summed E-state index contributed by atoms with van der Waals surface area (Å²) in [5.74, 6) is 0.310. The van der Waals surface area contributed by atoms with Crippen LogP contribution in [0.5, 0.6) is 0 Å². The molecule has 4 rings (SSSR count). The van der Waals surface area contributed by atoms with Crippen LogP contribution in [0.1, 0.15) is 17.7 Å². The first-order valence-electron chi connectivity index (χ1n) is 11.0. The molecule has 2 amide bonds. The van der Waals surface area contributed by atoms with Gasteiger partial charge >= 0.3 is 6.03 Å². The molecule has 2 aliphatic heterocycles. The number of amides is 2. The number of guanidine groups is 1. The third kappa shape index (κ3) is 5.56. The van der Waals surface area contributed by atoms with Crippen LogP contribution in [-0.4, -0.2) is 70.9 Å². The molecule has 0 radical (unpaired) electrons. The van der Waals surface area contributed by atoms with Crippen LogP contribution in [-0.2, 0) is 6.54 Å². The number of piperazine rings is 1. The first-order valence-corrected chi connectivity index (χ1v) is 11.0. The number of anilines is 2. The first kappa shape index (κ1) is 22.5. The molecule has 0 bridgehead atoms. The van der Waals surface area contributed by atoms with E-state index < -0.39 is 11.8 Å². The number of likely N-dealkylation sites (tertiary alicyclic amines) is 1. The zero-order valence-corrected chi connectivity index (χ0v) is 18.6. The standard InChI is InChI=1S/C23H27FN8O/c1-17-14-19(6-7-26-17)28-22(33)29-20-5-2-4-18(21(20)24)15-30-10-12-32(13-11-30)23(27-16-25)31-8-3-9-31/h2,4-7,14H,3,8-13,15H2,1H3,(H2,26,28,29,33). The van der Waals surface area contributed by atoms with Gasteiger partial charge in [-0.1, -0.05) is 12.1 Å². The number of nitrogens with zero attached hydrogens (tertiary/aromatic N) is 6. The highest BCUT2D eigenvalue weighted by Gasteiger charge is 2.27. The molecule has 1 aromatic heterocycles. The number of rotatable bonds is 4. The molecule has 172 valence electrons. The van der Waals surface area contributed by atoms with E-state index in [-0.39, 0.29) is 5.69 Å². The van der Waals surface area contributed by atoms with Crippen molar-refractivity contribution >= 4 is 23.4 Å². The molecule has 2 N–H and O–H groups in total. The van der Waals surface area contributed by atoms with E-state index in [9.17, 15) is 4.79 Å². The van der Waals surface area contributed by atoms with Crippen LogP contribution in [0.4, 0.5) is 20.6 Å². The Bertz CT molecular complexity index is 1070. The van der Waals surface area contributed by atoms with Crippen molar-refractivity contribution in [2.24, 2.45) is 4.99 Å². The van der Waals surface area contributed by atoms with Crippen LogP contribution in [0, 0.1) is 24.2 Å². The van der Waals surface area contributed by atoms with Gasteiger partial charge in [0.2, 0.25) is 12.2 Å². The Kier molecular flexibility index (Phi) is 7.00.